The summed E-state index contributed by atoms with van der Waals surface area (Å²) in [7, 11) is 0. The molecular weight excluding hydrogens is 400 g/mol. The largest absolute Gasteiger partial charge is 0.350 e. The van der Waals surface area contributed by atoms with Crippen LogP contribution in [0.15, 0.2) is 29.4 Å². The van der Waals surface area contributed by atoms with Crippen LogP contribution in [0.2, 0.25) is 5.02 Å². The number of rotatable bonds is 7. The molecule has 1 aromatic carbocycles. The lowest BCUT2D eigenvalue weighted by molar-refractivity contribution is -0.134. The number of nitrogens with two attached hydrogens (primary N) is 1. The highest BCUT2D eigenvalue weighted by Crippen LogP contribution is 2.23. The van der Waals surface area contributed by atoms with Crippen LogP contribution in [0.25, 0.3) is 11.4 Å². The van der Waals surface area contributed by atoms with Gasteiger partial charge in [0.25, 0.3) is 0 Å². The van der Waals surface area contributed by atoms with Crippen LogP contribution in [0.1, 0.15) is 27.7 Å². The Morgan fingerprint density at radius 1 is 1.25 bits per heavy atom. The molecule has 2 rings (SSSR count). The summed E-state index contributed by atoms with van der Waals surface area (Å²) in [4.78, 5) is 26.1. The van der Waals surface area contributed by atoms with Gasteiger partial charge in [-0.25, -0.2) is 4.68 Å². The molecule has 0 spiro atoms. The molecule has 1 heterocycles. The molecule has 0 aliphatic heterocycles. The van der Waals surface area contributed by atoms with Gasteiger partial charge in [0, 0.05) is 22.7 Å². The van der Waals surface area contributed by atoms with Crippen molar-refractivity contribution in [1.29, 1.82) is 0 Å². The molecule has 1 aromatic heterocycles. The Labute approximate surface area is 173 Å². The van der Waals surface area contributed by atoms with Gasteiger partial charge in [0.05, 0.1) is 12.3 Å². The Balaban J connectivity index is 1.98. The van der Waals surface area contributed by atoms with Crippen LogP contribution in [-0.2, 0) is 9.59 Å². The van der Waals surface area contributed by atoms with Crippen LogP contribution in [0.3, 0.4) is 0 Å². The van der Waals surface area contributed by atoms with E-state index in [0.717, 1.165) is 5.56 Å². The SMILES string of the molecule is CCN(CC(=O)NC(C)(C)C)C(=O)CSc1nnc(-c2ccc(Cl)cc2)n1N. The lowest BCUT2D eigenvalue weighted by atomic mass is 10.1. The number of amides is 2. The van der Waals surface area contributed by atoms with Crippen molar-refractivity contribution in [2.45, 2.75) is 38.4 Å². The van der Waals surface area contributed by atoms with Crippen LogP contribution in [0, 0.1) is 0 Å². The van der Waals surface area contributed by atoms with E-state index >= 15 is 0 Å². The van der Waals surface area contributed by atoms with E-state index in [-0.39, 0.29) is 29.7 Å². The molecule has 0 atom stereocenters. The summed E-state index contributed by atoms with van der Waals surface area (Å²) in [6.45, 7) is 7.96. The summed E-state index contributed by atoms with van der Waals surface area (Å²) in [6.07, 6.45) is 0. The van der Waals surface area contributed by atoms with E-state index in [1.807, 2.05) is 27.7 Å². The lowest BCUT2D eigenvalue weighted by Crippen LogP contribution is -2.47. The van der Waals surface area contributed by atoms with Crippen molar-refractivity contribution in [3.05, 3.63) is 29.3 Å². The summed E-state index contributed by atoms with van der Waals surface area (Å²) in [5.41, 5.74) is 0.425. The number of thioether (sulfide) groups is 1. The summed E-state index contributed by atoms with van der Waals surface area (Å²) >= 11 is 7.07. The number of benzene rings is 1. The maximum atomic E-state index is 12.5. The molecule has 10 heteroatoms. The zero-order valence-electron chi connectivity index (χ0n) is 16.4. The molecule has 0 aliphatic rings. The number of carbonyl (C=O) groups excluding carboxylic acids is 2. The molecule has 3 N–H and O–H groups in total. The Kier molecular flexibility index (Phi) is 7.31. The van der Waals surface area contributed by atoms with Gasteiger partial charge in [-0.2, -0.15) is 0 Å². The number of halogens is 1. The summed E-state index contributed by atoms with van der Waals surface area (Å²) in [5, 5.41) is 12.0. The first-order valence-corrected chi connectivity index (χ1v) is 10.1. The van der Waals surface area contributed by atoms with E-state index in [1.165, 1.54) is 21.3 Å². The smallest absolute Gasteiger partial charge is 0.240 e. The van der Waals surface area contributed by atoms with Gasteiger partial charge in [-0.3, -0.25) is 9.59 Å². The third kappa shape index (κ3) is 6.13. The van der Waals surface area contributed by atoms with Gasteiger partial charge in [0.1, 0.15) is 0 Å². The molecule has 0 saturated carbocycles. The van der Waals surface area contributed by atoms with Crippen LogP contribution in [0.4, 0.5) is 0 Å². The second kappa shape index (κ2) is 9.29. The number of nitrogens with one attached hydrogen (secondary N) is 1. The number of nitrogens with zero attached hydrogens (tertiary/aromatic N) is 4. The van der Waals surface area contributed by atoms with Crippen molar-refractivity contribution < 1.29 is 9.59 Å². The quantitative estimate of drug-likeness (QED) is 0.521. The molecule has 2 amide bonds. The standard InChI is InChI=1S/C18H25ClN6O2S/c1-5-24(10-14(26)21-18(2,3)4)15(27)11-28-17-23-22-16(25(17)20)12-6-8-13(19)9-7-12/h6-9H,5,10-11,20H2,1-4H3,(H,21,26). The average Bonchev–Trinajstić information content (AvgIpc) is 2.97. The molecule has 2 aromatic rings. The lowest BCUT2D eigenvalue weighted by Gasteiger charge is -2.25. The number of nitrogen functional groups attached to an aromatic ring is 1. The summed E-state index contributed by atoms with van der Waals surface area (Å²) < 4.78 is 1.34. The Morgan fingerprint density at radius 3 is 2.46 bits per heavy atom. The number of carbonyl (C=O) groups is 2. The predicted molar refractivity (Wildman–Crippen MR) is 111 cm³/mol. The summed E-state index contributed by atoms with van der Waals surface area (Å²) in [5.74, 6) is 6.28. The van der Waals surface area contributed by atoms with Crippen LogP contribution >= 0.6 is 23.4 Å². The van der Waals surface area contributed by atoms with Crippen molar-refractivity contribution in [2.75, 3.05) is 24.7 Å². The second-order valence-corrected chi connectivity index (χ2v) is 8.56. The Morgan fingerprint density at radius 2 is 1.89 bits per heavy atom. The fraction of sp³-hybridized carbons (Fsp3) is 0.444. The molecule has 0 saturated heterocycles. The van der Waals surface area contributed by atoms with E-state index in [1.54, 1.807) is 24.3 Å². The molecule has 0 fully saturated rings. The van der Waals surface area contributed by atoms with Gasteiger partial charge in [-0.05, 0) is 52.0 Å². The van der Waals surface area contributed by atoms with Crippen molar-refractivity contribution >= 4 is 35.2 Å². The van der Waals surface area contributed by atoms with E-state index in [4.69, 9.17) is 17.4 Å². The monoisotopic (exact) mass is 424 g/mol. The highest BCUT2D eigenvalue weighted by atomic mass is 35.5. The van der Waals surface area contributed by atoms with Crippen LogP contribution in [-0.4, -0.2) is 56.0 Å². The average molecular weight is 425 g/mol. The van der Waals surface area contributed by atoms with Gasteiger partial charge >= 0.3 is 0 Å². The molecular formula is C18H25ClN6O2S. The zero-order chi connectivity index (χ0) is 20.9. The minimum atomic E-state index is -0.345. The van der Waals surface area contributed by atoms with Gasteiger partial charge < -0.3 is 16.1 Å². The van der Waals surface area contributed by atoms with Crippen LogP contribution in [0.5, 0.6) is 0 Å². The van der Waals surface area contributed by atoms with Crippen molar-refractivity contribution in [3.63, 3.8) is 0 Å². The fourth-order valence-electron chi connectivity index (χ4n) is 2.40. The molecule has 0 unspecified atom stereocenters. The summed E-state index contributed by atoms with van der Waals surface area (Å²) in [6, 6.07) is 7.07. The Hall–Kier alpha value is -2.26. The maximum absolute atomic E-state index is 12.5. The number of hydrogen-bond acceptors (Lipinski definition) is 6. The van der Waals surface area contributed by atoms with E-state index in [9.17, 15) is 9.59 Å². The van der Waals surface area contributed by atoms with Crippen LogP contribution < -0.4 is 11.2 Å². The number of likely N-dealkylation sites (N-methyl/N-ethyl adjacent to an activating group) is 1. The third-order valence-corrected chi connectivity index (χ3v) is 4.85. The van der Waals surface area contributed by atoms with Gasteiger partial charge in [0.2, 0.25) is 17.0 Å². The highest BCUT2D eigenvalue weighted by molar-refractivity contribution is 7.99. The first-order valence-electron chi connectivity index (χ1n) is 8.78. The van der Waals surface area contributed by atoms with E-state index in [2.05, 4.69) is 15.5 Å². The number of hydrogen-bond donors (Lipinski definition) is 2. The first-order chi connectivity index (χ1) is 13.1. The van der Waals surface area contributed by atoms with Gasteiger partial charge in [-0.1, -0.05) is 23.4 Å². The second-order valence-electron chi connectivity index (χ2n) is 7.18. The highest BCUT2D eigenvalue weighted by Gasteiger charge is 2.20. The molecule has 152 valence electrons. The zero-order valence-corrected chi connectivity index (χ0v) is 18.0. The van der Waals surface area contributed by atoms with Gasteiger partial charge in [0.15, 0.2) is 5.82 Å². The maximum Gasteiger partial charge on any atom is 0.240 e. The number of aromatic nitrogens is 3. The Bertz CT molecular complexity index is 832. The first kappa shape index (κ1) is 22.0. The minimum Gasteiger partial charge on any atom is -0.350 e. The van der Waals surface area contributed by atoms with E-state index in [0.29, 0.717) is 22.5 Å². The molecule has 0 bridgehead atoms. The topological polar surface area (TPSA) is 106 Å². The van der Waals surface area contributed by atoms with Crippen molar-refractivity contribution in [3.8, 4) is 11.4 Å². The fourth-order valence-corrected chi connectivity index (χ4v) is 3.28. The van der Waals surface area contributed by atoms with E-state index < -0.39 is 0 Å². The van der Waals surface area contributed by atoms with Crippen molar-refractivity contribution in [2.24, 2.45) is 0 Å². The van der Waals surface area contributed by atoms with Crippen molar-refractivity contribution in [1.82, 2.24) is 25.1 Å². The predicted octanol–water partition coefficient (Wildman–Crippen LogP) is 2.17. The third-order valence-electron chi connectivity index (χ3n) is 3.68. The molecule has 28 heavy (non-hydrogen) atoms. The normalized spacial score (nSPS) is 11.3. The molecule has 0 aliphatic carbocycles. The molecule has 0 radical (unpaired) electrons. The minimum absolute atomic E-state index is 0.0124. The van der Waals surface area contributed by atoms with Gasteiger partial charge in [-0.15, -0.1) is 10.2 Å². The molecule has 8 nitrogen and oxygen atoms in total.